The standard InChI is InChI=1S/C18H19ClN4O2/c1-20-10-12-4-3-9-23(12)16(24)11-22-18(25)14-7-8-21-17-13(14)5-2-6-15(17)19/h2,5-8,10,12H,3-4,9,11H2,1H3,(H,22,25). The van der Waals surface area contributed by atoms with Crippen molar-refractivity contribution in [2.45, 2.75) is 18.9 Å². The lowest BCUT2D eigenvalue weighted by Gasteiger charge is -2.21. The van der Waals surface area contributed by atoms with E-state index in [1.54, 1.807) is 48.6 Å². The zero-order valence-corrected chi connectivity index (χ0v) is 14.7. The van der Waals surface area contributed by atoms with Gasteiger partial charge in [0.05, 0.1) is 28.7 Å². The minimum absolute atomic E-state index is 0.0231. The molecule has 1 atom stereocenters. The van der Waals surface area contributed by atoms with E-state index in [0.717, 1.165) is 12.8 Å². The number of para-hydroxylation sites is 1. The first-order valence-corrected chi connectivity index (χ1v) is 8.53. The number of aromatic nitrogens is 1. The van der Waals surface area contributed by atoms with E-state index in [4.69, 9.17) is 11.6 Å². The molecule has 1 aromatic heterocycles. The van der Waals surface area contributed by atoms with Crippen LogP contribution in [0.25, 0.3) is 10.9 Å². The van der Waals surface area contributed by atoms with Gasteiger partial charge < -0.3 is 10.2 Å². The zero-order valence-electron chi connectivity index (χ0n) is 13.9. The van der Waals surface area contributed by atoms with Crippen LogP contribution in [0.15, 0.2) is 35.5 Å². The number of hydrogen-bond acceptors (Lipinski definition) is 4. The van der Waals surface area contributed by atoms with E-state index in [-0.39, 0.29) is 24.4 Å². The maximum Gasteiger partial charge on any atom is 0.252 e. The normalized spacial score (nSPS) is 17.4. The Hall–Kier alpha value is -2.47. The molecule has 25 heavy (non-hydrogen) atoms. The number of pyridine rings is 1. The van der Waals surface area contributed by atoms with Gasteiger partial charge in [0.1, 0.15) is 0 Å². The molecule has 2 aromatic rings. The van der Waals surface area contributed by atoms with Crippen LogP contribution in [-0.4, -0.2) is 54.1 Å². The number of halogens is 1. The van der Waals surface area contributed by atoms with E-state index in [2.05, 4.69) is 15.3 Å². The molecule has 130 valence electrons. The molecule has 1 N–H and O–H groups in total. The van der Waals surface area contributed by atoms with Gasteiger partial charge in [-0.05, 0) is 25.0 Å². The summed E-state index contributed by atoms with van der Waals surface area (Å²) in [6.45, 7) is 0.649. The predicted molar refractivity (Wildman–Crippen MR) is 98.2 cm³/mol. The molecule has 3 rings (SSSR count). The van der Waals surface area contributed by atoms with Crippen molar-refractivity contribution < 1.29 is 9.59 Å². The van der Waals surface area contributed by atoms with Crippen LogP contribution in [-0.2, 0) is 4.79 Å². The highest BCUT2D eigenvalue weighted by molar-refractivity contribution is 6.35. The van der Waals surface area contributed by atoms with Gasteiger partial charge in [-0.15, -0.1) is 0 Å². The number of aliphatic imine (C=N–C) groups is 1. The van der Waals surface area contributed by atoms with Crippen molar-refractivity contribution in [1.29, 1.82) is 0 Å². The highest BCUT2D eigenvalue weighted by Crippen LogP contribution is 2.23. The summed E-state index contributed by atoms with van der Waals surface area (Å²) >= 11 is 6.13. The number of fused-ring (bicyclic) bond motifs is 1. The number of rotatable bonds is 4. The molecular weight excluding hydrogens is 340 g/mol. The number of likely N-dealkylation sites (tertiary alicyclic amines) is 1. The molecule has 0 saturated carbocycles. The number of carbonyl (C=O) groups is 2. The summed E-state index contributed by atoms with van der Waals surface area (Å²) in [6, 6.07) is 6.94. The van der Waals surface area contributed by atoms with Crippen molar-refractivity contribution in [2.24, 2.45) is 4.99 Å². The van der Waals surface area contributed by atoms with Crippen molar-refractivity contribution >= 4 is 40.5 Å². The van der Waals surface area contributed by atoms with Crippen LogP contribution in [0, 0.1) is 0 Å². The molecule has 1 unspecified atom stereocenters. The number of amides is 2. The van der Waals surface area contributed by atoms with Crippen LogP contribution in [0.3, 0.4) is 0 Å². The first-order valence-electron chi connectivity index (χ1n) is 8.15. The second kappa shape index (κ2) is 7.61. The van der Waals surface area contributed by atoms with Gasteiger partial charge >= 0.3 is 0 Å². The van der Waals surface area contributed by atoms with Gasteiger partial charge in [0.2, 0.25) is 5.91 Å². The first kappa shape index (κ1) is 17.4. The highest BCUT2D eigenvalue weighted by atomic mass is 35.5. The lowest BCUT2D eigenvalue weighted by atomic mass is 10.1. The summed E-state index contributed by atoms with van der Waals surface area (Å²) < 4.78 is 0. The van der Waals surface area contributed by atoms with Gasteiger partial charge in [0, 0.05) is 31.4 Å². The molecule has 2 amide bonds. The van der Waals surface area contributed by atoms with Crippen LogP contribution >= 0.6 is 11.6 Å². The number of benzene rings is 1. The summed E-state index contributed by atoms with van der Waals surface area (Å²) in [5, 5.41) is 3.86. The van der Waals surface area contributed by atoms with E-state index >= 15 is 0 Å². The second-order valence-corrected chi connectivity index (χ2v) is 6.29. The fourth-order valence-electron chi connectivity index (χ4n) is 3.12. The number of nitrogens with one attached hydrogen (secondary N) is 1. The first-order chi connectivity index (χ1) is 12.1. The molecule has 0 radical (unpaired) electrons. The largest absolute Gasteiger partial charge is 0.343 e. The molecule has 0 spiro atoms. The van der Waals surface area contributed by atoms with Gasteiger partial charge in [-0.2, -0.15) is 0 Å². The smallest absolute Gasteiger partial charge is 0.252 e. The van der Waals surface area contributed by atoms with Crippen molar-refractivity contribution in [2.75, 3.05) is 20.1 Å². The molecule has 2 heterocycles. The highest BCUT2D eigenvalue weighted by Gasteiger charge is 2.27. The third-order valence-electron chi connectivity index (χ3n) is 4.31. The molecule has 1 fully saturated rings. The van der Waals surface area contributed by atoms with Crippen molar-refractivity contribution in [3.63, 3.8) is 0 Å². The van der Waals surface area contributed by atoms with Crippen LogP contribution in [0.2, 0.25) is 5.02 Å². The third kappa shape index (κ3) is 3.64. The molecule has 1 aliphatic rings. The summed E-state index contributed by atoms with van der Waals surface area (Å²) in [4.78, 5) is 34.9. The molecule has 0 bridgehead atoms. The average Bonchev–Trinajstić information content (AvgIpc) is 3.08. The molecule has 0 aliphatic carbocycles. The topological polar surface area (TPSA) is 74.7 Å². The number of nitrogens with zero attached hydrogens (tertiary/aromatic N) is 3. The second-order valence-electron chi connectivity index (χ2n) is 5.88. The van der Waals surface area contributed by atoms with Crippen LogP contribution in [0.5, 0.6) is 0 Å². The van der Waals surface area contributed by atoms with Crippen LogP contribution < -0.4 is 5.32 Å². The minimum atomic E-state index is -0.317. The molecular formula is C18H19ClN4O2. The summed E-state index contributed by atoms with van der Waals surface area (Å²) in [6.07, 6.45) is 5.18. The maximum atomic E-state index is 12.5. The van der Waals surface area contributed by atoms with Crippen LogP contribution in [0.1, 0.15) is 23.2 Å². The summed E-state index contributed by atoms with van der Waals surface area (Å²) in [5.41, 5.74) is 1.02. The predicted octanol–water partition coefficient (Wildman–Crippen LogP) is 2.31. The maximum absolute atomic E-state index is 12.5. The molecule has 1 aliphatic heterocycles. The Labute approximate surface area is 150 Å². The van der Waals surface area contributed by atoms with Crippen molar-refractivity contribution in [1.82, 2.24) is 15.2 Å². The summed E-state index contributed by atoms with van der Waals surface area (Å²) in [5.74, 6) is -0.421. The van der Waals surface area contributed by atoms with Gasteiger partial charge in [0.15, 0.2) is 0 Å². The Morgan fingerprint density at radius 1 is 1.44 bits per heavy atom. The Balaban J connectivity index is 1.71. The zero-order chi connectivity index (χ0) is 17.8. The van der Waals surface area contributed by atoms with E-state index in [1.807, 2.05) is 0 Å². The molecule has 1 saturated heterocycles. The Kier molecular flexibility index (Phi) is 5.28. The lowest BCUT2D eigenvalue weighted by molar-refractivity contribution is -0.129. The summed E-state index contributed by atoms with van der Waals surface area (Å²) in [7, 11) is 1.70. The van der Waals surface area contributed by atoms with Gasteiger partial charge in [-0.25, -0.2) is 0 Å². The average molecular weight is 359 g/mol. The fourth-order valence-corrected chi connectivity index (χ4v) is 3.34. The van der Waals surface area contributed by atoms with E-state index in [9.17, 15) is 9.59 Å². The van der Waals surface area contributed by atoms with E-state index in [1.165, 1.54) is 0 Å². The number of carbonyl (C=O) groups excluding carboxylic acids is 2. The van der Waals surface area contributed by atoms with Gasteiger partial charge in [-0.3, -0.25) is 19.6 Å². The van der Waals surface area contributed by atoms with Crippen LogP contribution in [0.4, 0.5) is 0 Å². The number of hydrogen-bond donors (Lipinski definition) is 1. The Morgan fingerprint density at radius 2 is 2.28 bits per heavy atom. The Morgan fingerprint density at radius 3 is 3.08 bits per heavy atom. The monoisotopic (exact) mass is 358 g/mol. The fraction of sp³-hybridized carbons (Fsp3) is 0.333. The van der Waals surface area contributed by atoms with Crippen molar-refractivity contribution in [3.05, 3.63) is 41.0 Å². The SMILES string of the molecule is CN=CC1CCCN1C(=O)CNC(=O)c1ccnc2c(Cl)cccc12. The van der Waals surface area contributed by atoms with Gasteiger partial charge in [-0.1, -0.05) is 23.7 Å². The molecule has 1 aromatic carbocycles. The minimum Gasteiger partial charge on any atom is -0.343 e. The quantitative estimate of drug-likeness (QED) is 0.852. The van der Waals surface area contributed by atoms with E-state index in [0.29, 0.717) is 28.0 Å². The van der Waals surface area contributed by atoms with Gasteiger partial charge in [0.25, 0.3) is 5.91 Å². The lowest BCUT2D eigenvalue weighted by Crippen LogP contribution is -2.43. The Bertz CT molecular complexity index is 837. The van der Waals surface area contributed by atoms with Crippen molar-refractivity contribution in [3.8, 4) is 0 Å². The molecule has 7 heteroatoms. The molecule has 6 nitrogen and oxygen atoms in total. The third-order valence-corrected chi connectivity index (χ3v) is 4.61. The van der Waals surface area contributed by atoms with E-state index < -0.39 is 0 Å².